The van der Waals surface area contributed by atoms with Gasteiger partial charge in [-0.25, -0.2) is 0 Å². The number of unbranched alkanes of at least 4 members (excludes halogenated alkanes) is 2. The van der Waals surface area contributed by atoms with E-state index in [1.165, 1.54) is 31.4 Å². The molecule has 0 bridgehead atoms. The van der Waals surface area contributed by atoms with Crippen molar-refractivity contribution in [1.82, 2.24) is 0 Å². The lowest BCUT2D eigenvalue weighted by Crippen LogP contribution is -2.09. The molecule has 1 N–H and O–H groups in total. The number of rotatable bonds is 11. The third-order valence-corrected chi connectivity index (χ3v) is 4.27. The van der Waals surface area contributed by atoms with Crippen LogP contribution in [0.5, 0.6) is 17.2 Å². The zero-order valence-electron chi connectivity index (χ0n) is 17.3. The van der Waals surface area contributed by atoms with Gasteiger partial charge >= 0.3 is 0 Å². The van der Waals surface area contributed by atoms with Gasteiger partial charge in [0.1, 0.15) is 5.75 Å². The Hall–Kier alpha value is -3.55. The molecule has 0 radical (unpaired) electrons. The van der Waals surface area contributed by atoms with Gasteiger partial charge in [-0.2, -0.15) is 0 Å². The fourth-order valence-corrected chi connectivity index (χ4v) is 2.69. The molecule has 0 aliphatic rings. The minimum Gasteiger partial charge on any atom is -0.495 e. The summed E-state index contributed by atoms with van der Waals surface area (Å²) in [5.41, 5.74) is 0.818. The fourth-order valence-electron chi connectivity index (χ4n) is 2.69. The van der Waals surface area contributed by atoms with Gasteiger partial charge in [0.2, 0.25) is 5.91 Å². The SMILES string of the molecule is CCCCCOc1ccc(C=CC(=O)Nc2cc([N+](=O)[O-])ccc2OC)cc1OC. The molecule has 0 saturated carbocycles. The molecule has 0 unspecified atom stereocenters. The second kappa shape index (κ2) is 11.5. The number of benzene rings is 2. The highest BCUT2D eigenvalue weighted by Crippen LogP contribution is 2.30. The third kappa shape index (κ3) is 6.51. The van der Waals surface area contributed by atoms with E-state index < -0.39 is 10.8 Å². The van der Waals surface area contributed by atoms with Crippen molar-refractivity contribution in [3.63, 3.8) is 0 Å². The number of methoxy groups -OCH3 is 2. The minimum atomic E-state index is -0.539. The van der Waals surface area contributed by atoms with E-state index >= 15 is 0 Å². The van der Waals surface area contributed by atoms with Crippen LogP contribution in [-0.2, 0) is 4.79 Å². The number of hydrogen-bond donors (Lipinski definition) is 1. The minimum absolute atomic E-state index is 0.144. The number of nitro groups is 1. The molecule has 2 aromatic carbocycles. The number of amides is 1. The number of ether oxygens (including phenoxy) is 3. The molecule has 0 aliphatic heterocycles. The highest BCUT2D eigenvalue weighted by Gasteiger charge is 2.13. The normalized spacial score (nSPS) is 10.6. The molecular weight excluding hydrogens is 388 g/mol. The molecule has 0 spiro atoms. The first-order chi connectivity index (χ1) is 14.5. The number of nitro benzene ring substituents is 1. The van der Waals surface area contributed by atoms with Crippen molar-refractivity contribution in [3.8, 4) is 17.2 Å². The summed E-state index contributed by atoms with van der Waals surface area (Å²) in [5.74, 6) is 1.10. The van der Waals surface area contributed by atoms with Crippen LogP contribution in [0.15, 0.2) is 42.5 Å². The van der Waals surface area contributed by atoms with Crippen molar-refractivity contribution < 1.29 is 23.9 Å². The van der Waals surface area contributed by atoms with E-state index in [4.69, 9.17) is 14.2 Å². The number of anilines is 1. The zero-order chi connectivity index (χ0) is 21.9. The molecule has 30 heavy (non-hydrogen) atoms. The van der Waals surface area contributed by atoms with Crippen molar-refractivity contribution in [2.75, 3.05) is 26.1 Å². The summed E-state index contributed by atoms with van der Waals surface area (Å²) < 4.78 is 16.3. The van der Waals surface area contributed by atoms with Crippen molar-refractivity contribution in [2.24, 2.45) is 0 Å². The fraction of sp³-hybridized carbons (Fsp3) is 0.318. The van der Waals surface area contributed by atoms with Gasteiger partial charge in [-0.1, -0.05) is 25.8 Å². The maximum atomic E-state index is 12.3. The Balaban J connectivity index is 2.07. The lowest BCUT2D eigenvalue weighted by atomic mass is 10.2. The second-order valence-electron chi connectivity index (χ2n) is 6.43. The number of carbonyl (C=O) groups excluding carboxylic acids is 1. The Labute approximate surface area is 175 Å². The molecule has 1 amide bonds. The second-order valence-corrected chi connectivity index (χ2v) is 6.43. The molecule has 0 heterocycles. The van der Waals surface area contributed by atoms with E-state index in [1.807, 2.05) is 6.07 Å². The van der Waals surface area contributed by atoms with E-state index in [1.54, 1.807) is 25.3 Å². The Kier molecular flexibility index (Phi) is 8.68. The van der Waals surface area contributed by atoms with Gasteiger partial charge in [-0.05, 0) is 36.3 Å². The molecular formula is C22H26N2O6. The predicted molar refractivity (Wildman–Crippen MR) is 115 cm³/mol. The molecule has 8 heteroatoms. The van der Waals surface area contributed by atoms with E-state index in [0.29, 0.717) is 23.9 Å². The van der Waals surface area contributed by atoms with Crippen LogP contribution in [0.25, 0.3) is 6.08 Å². The average molecular weight is 414 g/mol. The van der Waals surface area contributed by atoms with E-state index in [-0.39, 0.29) is 11.4 Å². The lowest BCUT2D eigenvalue weighted by Gasteiger charge is -2.11. The maximum absolute atomic E-state index is 12.3. The monoisotopic (exact) mass is 414 g/mol. The highest BCUT2D eigenvalue weighted by molar-refractivity contribution is 6.03. The zero-order valence-corrected chi connectivity index (χ0v) is 17.3. The van der Waals surface area contributed by atoms with E-state index in [0.717, 1.165) is 24.8 Å². The largest absolute Gasteiger partial charge is 0.495 e. The Bertz CT molecular complexity index is 910. The molecule has 0 aromatic heterocycles. The average Bonchev–Trinajstić information content (AvgIpc) is 2.75. The van der Waals surface area contributed by atoms with E-state index in [2.05, 4.69) is 12.2 Å². The maximum Gasteiger partial charge on any atom is 0.271 e. The summed E-state index contributed by atoms with van der Waals surface area (Å²) >= 11 is 0. The van der Waals surface area contributed by atoms with Crippen LogP contribution in [0.4, 0.5) is 11.4 Å². The molecule has 2 rings (SSSR count). The smallest absolute Gasteiger partial charge is 0.271 e. The number of nitrogens with one attached hydrogen (secondary N) is 1. The first-order valence-corrected chi connectivity index (χ1v) is 9.60. The van der Waals surface area contributed by atoms with Gasteiger partial charge in [0.15, 0.2) is 11.5 Å². The molecule has 2 aromatic rings. The summed E-state index contributed by atoms with van der Waals surface area (Å²) in [6.45, 7) is 2.75. The Morgan fingerprint density at radius 3 is 2.47 bits per heavy atom. The Morgan fingerprint density at radius 2 is 1.80 bits per heavy atom. The third-order valence-electron chi connectivity index (χ3n) is 4.27. The van der Waals surface area contributed by atoms with Crippen LogP contribution in [0, 0.1) is 10.1 Å². The summed E-state index contributed by atoms with van der Waals surface area (Å²) in [6.07, 6.45) is 6.14. The first-order valence-electron chi connectivity index (χ1n) is 9.60. The van der Waals surface area contributed by atoms with E-state index in [9.17, 15) is 14.9 Å². The standard InChI is InChI=1S/C22H26N2O6/c1-4-5-6-13-30-20-10-7-16(14-21(20)29-3)8-12-22(25)23-18-15-17(24(26)27)9-11-19(18)28-2/h7-12,14-15H,4-6,13H2,1-3H3,(H,23,25). The number of nitrogens with zero attached hydrogens (tertiary/aromatic N) is 1. The summed E-state index contributed by atoms with van der Waals surface area (Å²) in [7, 11) is 2.98. The molecule has 160 valence electrons. The summed E-state index contributed by atoms with van der Waals surface area (Å²) in [5, 5.41) is 13.5. The number of non-ortho nitro benzene ring substituents is 1. The predicted octanol–water partition coefficient (Wildman–Crippen LogP) is 4.83. The molecule has 0 fully saturated rings. The lowest BCUT2D eigenvalue weighted by molar-refractivity contribution is -0.384. The Morgan fingerprint density at radius 1 is 1.07 bits per heavy atom. The number of carbonyl (C=O) groups is 1. The van der Waals surface area contributed by atoms with Crippen LogP contribution in [-0.4, -0.2) is 31.7 Å². The number of hydrogen-bond acceptors (Lipinski definition) is 6. The highest BCUT2D eigenvalue weighted by atomic mass is 16.6. The topological polar surface area (TPSA) is 99.9 Å². The first kappa shape index (κ1) is 22.7. The van der Waals surface area contributed by atoms with Crippen LogP contribution >= 0.6 is 0 Å². The van der Waals surface area contributed by atoms with Crippen LogP contribution < -0.4 is 19.5 Å². The summed E-state index contributed by atoms with van der Waals surface area (Å²) in [4.78, 5) is 22.7. The van der Waals surface area contributed by atoms with Gasteiger partial charge in [-0.3, -0.25) is 14.9 Å². The summed E-state index contributed by atoms with van der Waals surface area (Å²) in [6, 6.07) is 9.37. The van der Waals surface area contributed by atoms with Crippen LogP contribution in [0.3, 0.4) is 0 Å². The quantitative estimate of drug-likeness (QED) is 0.245. The molecule has 0 atom stereocenters. The van der Waals surface area contributed by atoms with Crippen molar-refractivity contribution in [2.45, 2.75) is 26.2 Å². The molecule has 8 nitrogen and oxygen atoms in total. The molecule has 0 saturated heterocycles. The van der Waals surface area contributed by atoms with Gasteiger partial charge in [0, 0.05) is 18.2 Å². The van der Waals surface area contributed by atoms with Crippen molar-refractivity contribution in [1.29, 1.82) is 0 Å². The van der Waals surface area contributed by atoms with Gasteiger partial charge < -0.3 is 19.5 Å². The van der Waals surface area contributed by atoms with Crippen molar-refractivity contribution in [3.05, 3.63) is 58.2 Å². The van der Waals surface area contributed by atoms with Gasteiger partial charge in [0.05, 0.1) is 31.4 Å². The van der Waals surface area contributed by atoms with Crippen LogP contribution in [0.2, 0.25) is 0 Å². The van der Waals surface area contributed by atoms with Crippen molar-refractivity contribution >= 4 is 23.4 Å². The van der Waals surface area contributed by atoms with Gasteiger partial charge in [0.25, 0.3) is 5.69 Å². The van der Waals surface area contributed by atoms with Gasteiger partial charge in [-0.15, -0.1) is 0 Å². The molecule has 0 aliphatic carbocycles. The van der Waals surface area contributed by atoms with Crippen LogP contribution in [0.1, 0.15) is 31.7 Å².